The third-order valence-corrected chi connectivity index (χ3v) is 2.74. The third-order valence-electron chi connectivity index (χ3n) is 2.74. The second kappa shape index (κ2) is 7.60. The molecule has 5 nitrogen and oxygen atoms in total. The van der Waals surface area contributed by atoms with Crippen molar-refractivity contribution in [3.05, 3.63) is 17.0 Å². The second-order valence-corrected chi connectivity index (χ2v) is 4.50. The number of halogens is 1. The van der Waals surface area contributed by atoms with Crippen LogP contribution in [0, 0.1) is 13.8 Å². The van der Waals surface area contributed by atoms with Crippen molar-refractivity contribution in [3.8, 4) is 0 Å². The number of rotatable bonds is 3. The van der Waals surface area contributed by atoms with Crippen molar-refractivity contribution in [3.63, 3.8) is 0 Å². The Kier molecular flexibility index (Phi) is 7.27. The van der Waals surface area contributed by atoms with E-state index in [1.54, 1.807) is 7.05 Å². The summed E-state index contributed by atoms with van der Waals surface area (Å²) >= 11 is 0. The normalized spacial score (nSPS) is 11.4. The van der Waals surface area contributed by atoms with E-state index in [4.69, 9.17) is 0 Å². The molecular weight excluding hydrogens is 341 g/mol. The van der Waals surface area contributed by atoms with Gasteiger partial charge in [0.15, 0.2) is 5.96 Å². The summed E-state index contributed by atoms with van der Waals surface area (Å²) < 4.78 is 1.91. The van der Waals surface area contributed by atoms with Crippen molar-refractivity contribution >= 4 is 29.9 Å². The lowest BCUT2D eigenvalue weighted by Crippen LogP contribution is -2.40. The van der Waals surface area contributed by atoms with Crippen molar-refractivity contribution in [2.75, 3.05) is 7.05 Å². The van der Waals surface area contributed by atoms with Crippen LogP contribution in [0.2, 0.25) is 0 Å². The van der Waals surface area contributed by atoms with Crippen molar-refractivity contribution in [2.24, 2.45) is 12.0 Å². The molecule has 0 bridgehead atoms. The minimum absolute atomic E-state index is 0. The average Bonchev–Trinajstić information content (AvgIpc) is 2.49. The Morgan fingerprint density at radius 1 is 1.39 bits per heavy atom. The zero-order valence-electron chi connectivity index (χ0n) is 12.0. The first-order chi connectivity index (χ1) is 7.95. The molecule has 0 amide bonds. The number of aliphatic imine (C=N–C) groups is 1. The number of hydrogen-bond acceptors (Lipinski definition) is 2. The summed E-state index contributed by atoms with van der Waals surface area (Å²) in [7, 11) is 3.74. The molecule has 0 fully saturated rings. The molecule has 0 saturated heterocycles. The Morgan fingerprint density at radius 3 is 2.39 bits per heavy atom. The van der Waals surface area contributed by atoms with Gasteiger partial charge in [-0.2, -0.15) is 5.10 Å². The predicted molar refractivity (Wildman–Crippen MR) is 86.6 cm³/mol. The van der Waals surface area contributed by atoms with E-state index in [9.17, 15) is 0 Å². The fraction of sp³-hybridized carbons (Fsp3) is 0.667. The highest BCUT2D eigenvalue weighted by atomic mass is 127. The van der Waals surface area contributed by atoms with Crippen molar-refractivity contribution < 1.29 is 0 Å². The molecule has 0 aromatic carbocycles. The van der Waals surface area contributed by atoms with Gasteiger partial charge in [-0.15, -0.1) is 24.0 Å². The summed E-state index contributed by atoms with van der Waals surface area (Å²) in [5.74, 6) is 0.822. The molecule has 0 aliphatic rings. The molecule has 0 radical (unpaired) electrons. The van der Waals surface area contributed by atoms with Crippen molar-refractivity contribution in [2.45, 2.75) is 40.3 Å². The average molecular weight is 365 g/mol. The number of aryl methyl sites for hydroxylation is 2. The number of nitrogens with zero attached hydrogens (tertiary/aromatic N) is 3. The Labute approximate surface area is 126 Å². The van der Waals surface area contributed by atoms with Gasteiger partial charge in [0, 0.05) is 37.9 Å². The van der Waals surface area contributed by atoms with E-state index < -0.39 is 0 Å². The first-order valence-electron chi connectivity index (χ1n) is 5.92. The second-order valence-electron chi connectivity index (χ2n) is 4.50. The highest BCUT2D eigenvalue weighted by Crippen LogP contribution is 2.10. The van der Waals surface area contributed by atoms with Gasteiger partial charge in [-0.3, -0.25) is 9.67 Å². The monoisotopic (exact) mass is 365 g/mol. The molecule has 2 N–H and O–H groups in total. The van der Waals surface area contributed by atoms with E-state index in [-0.39, 0.29) is 24.0 Å². The lowest BCUT2D eigenvalue weighted by atomic mass is 10.2. The van der Waals surface area contributed by atoms with E-state index in [0.717, 1.165) is 18.2 Å². The van der Waals surface area contributed by atoms with E-state index in [0.29, 0.717) is 6.04 Å². The molecule has 1 heterocycles. The molecule has 0 aliphatic carbocycles. The van der Waals surface area contributed by atoms with E-state index in [1.807, 2.05) is 18.7 Å². The Morgan fingerprint density at radius 2 is 2.00 bits per heavy atom. The van der Waals surface area contributed by atoms with E-state index in [1.165, 1.54) is 11.3 Å². The van der Waals surface area contributed by atoms with Gasteiger partial charge in [-0.1, -0.05) is 0 Å². The van der Waals surface area contributed by atoms with Crippen LogP contribution in [0.15, 0.2) is 4.99 Å². The van der Waals surface area contributed by atoms with E-state index in [2.05, 4.69) is 41.5 Å². The fourth-order valence-electron chi connectivity index (χ4n) is 1.71. The Hall–Kier alpha value is -0.790. The van der Waals surface area contributed by atoms with Gasteiger partial charge < -0.3 is 10.6 Å². The molecule has 0 saturated carbocycles. The van der Waals surface area contributed by atoms with E-state index >= 15 is 0 Å². The zero-order chi connectivity index (χ0) is 13.0. The number of guanidine groups is 1. The van der Waals surface area contributed by atoms with Crippen LogP contribution in [0.1, 0.15) is 30.8 Å². The van der Waals surface area contributed by atoms with Crippen LogP contribution in [0.25, 0.3) is 0 Å². The minimum atomic E-state index is 0. The van der Waals surface area contributed by atoms with Crippen molar-refractivity contribution in [1.82, 2.24) is 20.4 Å². The van der Waals surface area contributed by atoms with Gasteiger partial charge in [-0.25, -0.2) is 0 Å². The molecule has 1 aromatic heterocycles. The lowest BCUT2D eigenvalue weighted by Gasteiger charge is -2.14. The molecule has 0 unspecified atom stereocenters. The van der Waals surface area contributed by atoms with Crippen LogP contribution in [0.5, 0.6) is 0 Å². The first kappa shape index (κ1) is 17.2. The van der Waals surface area contributed by atoms with Gasteiger partial charge in [0.2, 0.25) is 0 Å². The van der Waals surface area contributed by atoms with Crippen LogP contribution >= 0.6 is 24.0 Å². The summed E-state index contributed by atoms with van der Waals surface area (Å²) in [4.78, 5) is 4.18. The third kappa shape index (κ3) is 4.47. The Bertz CT molecular complexity index is 409. The minimum Gasteiger partial charge on any atom is -0.354 e. The van der Waals surface area contributed by atoms with Gasteiger partial charge in [0.1, 0.15) is 0 Å². The maximum absolute atomic E-state index is 4.39. The SMILES string of the molecule is CN=C(NCc1c(C)nn(C)c1C)NC(C)C.I. The summed E-state index contributed by atoms with van der Waals surface area (Å²) in [6.07, 6.45) is 0. The largest absolute Gasteiger partial charge is 0.354 e. The van der Waals surface area contributed by atoms with Gasteiger partial charge in [0.25, 0.3) is 0 Å². The molecule has 0 aliphatic heterocycles. The molecule has 1 aromatic rings. The van der Waals surface area contributed by atoms with Crippen molar-refractivity contribution in [1.29, 1.82) is 0 Å². The lowest BCUT2D eigenvalue weighted by molar-refractivity contribution is 0.697. The molecule has 0 atom stereocenters. The number of aromatic nitrogens is 2. The Balaban J connectivity index is 0.00000289. The highest BCUT2D eigenvalue weighted by Gasteiger charge is 2.09. The van der Waals surface area contributed by atoms with Crippen LogP contribution in [0.3, 0.4) is 0 Å². The zero-order valence-corrected chi connectivity index (χ0v) is 14.4. The molecule has 6 heteroatoms. The molecular formula is C12H24IN5. The fourth-order valence-corrected chi connectivity index (χ4v) is 1.71. The molecule has 18 heavy (non-hydrogen) atoms. The van der Waals surface area contributed by atoms with Crippen LogP contribution < -0.4 is 10.6 Å². The smallest absolute Gasteiger partial charge is 0.191 e. The first-order valence-corrected chi connectivity index (χ1v) is 5.92. The summed E-state index contributed by atoms with van der Waals surface area (Å²) in [6.45, 7) is 9.04. The van der Waals surface area contributed by atoms with Gasteiger partial charge in [0.05, 0.1) is 5.69 Å². The maximum Gasteiger partial charge on any atom is 0.191 e. The molecule has 1 rings (SSSR count). The van der Waals surface area contributed by atoms with Gasteiger partial charge >= 0.3 is 0 Å². The summed E-state index contributed by atoms with van der Waals surface area (Å²) in [6, 6.07) is 0.372. The maximum atomic E-state index is 4.39. The standard InChI is InChI=1S/C12H23N5.HI/c1-8(2)15-12(13-5)14-7-11-9(3)16-17(6)10(11)4;/h8H,7H2,1-6H3,(H2,13,14,15);1H. The van der Waals surface area contributed by atoms with Crippen LogP contribution in [-0.2, 0) is 13.6 Å². The summed E-state index contributed by atoms with van der Waals surface area (Å²) in [5.41, 5.74) is 3.49. The topological polar surface area (TPSA) is 54.2 Å². The highest BCUT2D eigenvalue weighted by molar-refractivity contribution is 14.0. The van der Waals surface area contributed by atoms with Crippen LogP contribution in [0.4, 0.5) is 0 Å². The van der Waals surface area contributed by atoms with Crippen LogP contribution in [-0.4, -0.2) is 28.8 Å². The predicted octanol–water partition coefficient (Wildman–Crippen LogP) is 1.73. The quantitative estimate of drug-likeness (QED) is 0.487. The number of nitrogens with one attached hydrogen (secondary N) is 2. The summed E-state index contributed by atoms with van der Waals surface area (Å²) in [5, 5.41) is 10.9. The molecule has 0 spiro atoms. The molecule has 104 valence electrons. The van der Waals surface area contributed by atoms with Gasteiger partial charge in [-0.05, 0) is 27.7 Å². The number of hydrogen-bond donors (Lipinski definition) is 2.